The molecule has 0 aromatic carbocycles. The van der Waals surface area contributed by atoms with Gasteiger partial charge in [-0.2, -0.15) is 11.8 Å². The minimum absolute atomic E-state index is 0.568. The van der Waals surface area contributed by atoms with Crippen LogP contribution in [0.5, 0.6) is 0 Å². The molecule has 12 heavy (non-hydrogen) atoms. The topological polar surface area (TPSA) is 17.8 Å². The van der Waals surface area contributed by atoms with Crippen molar-refractivity contribution >= 4 is 23.4 Å². The van der Waals surface area contributed by atoms with Gasteiger partial charge in [-0.1, -0.05) is 0 Å². The van der Waals surface area contributed by atoms with Gasteiger partial charge < -0.3 is 4.57 Å². The molecule has 2 nitrogen and oxygen atoms in total. The van der Waals surface area contributed by atoms with Gasteiger partial charge in [0, 0.05) is 24.2 Å². The molecule has 1 saturated heterocycles. The summed E-state index contributed by atoms with van der Waals surface area (Å²) in [5.74, 6) is 2.47. The Hall–Kier alpha value is -0.150. The number of halogens is 1. The van der Waals surface area contributed by atoms with Gasteiger partial charge in [-0.15, -0.1) is 0 Å². The molecule has 1 aromatic rings. The summed E-state index contributed by atoms with van der Waals surface area (Å²) in [6, 6.07) is 0.568. The number of thioether (sulfide) groups is 1. The summed E-state index contributed by atoms with van der Waals surface area (Å²) in [7, 11) is 0. The molecule has 1 fully saturated rings. The van der Waals surface area contributed by atoms with E-state index in [1.54, 1.807) is 6.20 Å². The van der Waals surface area contributed by atoms with E-state index in [2.05, 4.69) is 9.55 Å². The van der Waals surface area contributed by atoms with Crippen LogP contribution in [0.25, 0.3) is 0 Å². The Morgan fingerprint density at radius 1 is 1.67 bits per heavy atom. The first-order valence-corrected chi connectivity index (χ1v) is 5.67. The minimum atomic E-state index is 0.568. The van der Waals surface area contributed by atoms with E-state index < -0.39 is 0 Å². The van der Waals surface area contributed by atoms with E-state index in [0.717, 1.165) is 0 Å². The van der Waals surface area contributed by atoms with Crippen molar-refractivity contribution in [1.29, 1.82) is 0 Å². The first-order chi connectivity index (χ1) is 5.88. The second-order valence-corrected chi connectivity index (χ2v) is 4.46. The average Bonchev–Trinajstić information content (AvgIpc) is 2.53. The van der Waals surface area contributed by atoms with Crippen molar-refractivity contribution in [2.75, 3.05) is 11.5 Å². The third-order valence-electron chi connectivity index (χ3n) is 2.15. The van der Waals surface area contributed by atoms with Crippen molar-refractivity contribution in [2.45, 2.75) is 18.9 Å². The van der Waals surface area contributed by atoms with Crippen molar-refractivity contribution in [3.8, 4) is 0 Å². The van der Waals surface area contributed by atoms with E-state index in [-0.39, 0.29) is 0 Å². The normalized spacial score (nSPS) is 24.2. The molecule has 2 heterocycles. The lowest BCUT2D eigenvalue weighted by atomic mass is 10.2. The van der Waals surface area contributed by atoms with Crippen LogP contribution >= 0.6 is 23.4 Å². The molecule has 2 rings (SSSR count). The van der Waals surface area contributed by atoms with Gasteiger partial charge in [-0.25, -0.2) is 4.98 Å². The lowest BCUT2D eigenvalue weighted by molar-refractivity contribution is 0.500. The Morgan fingerprint density at radius 2 is 2.58 bits per heavy atom. The number of rotatable bonds is 1. The average molecular weight is 203 g/mol. The Kier molecular flexibility index (Phi) is 2.61. The van der Waals surface area contributed by atoms with Gasteiger partial charge in [0.1, 0.15) is 0 Å². The molecule has 4 heteroatoms. The summed E-state index contributed by atoms with van der Waals surface area (Å²) in [5.41, 5.74) is 0. The molecular formula is C8H11ClN2S. The molecule has 1 aliphatic heterocycles. The van der Waals surface area contributed by atoms with Crippen LogP contribution in [0.4, 0.5) is 0 Å². The predicted octanol–water partition coefficient (Wildman–Crippen LogP) is 2.60. The van der Waals surface area contributed by atoms with Crippen molar-refractivity contribution in [1.82, 2.24) is 9.55 Å². The smallest absolute Gasteiger partial charge is 0.202 e. The van der Waals surface area contributed by atoms with E-state index in [1.165, 1.54) is 24.3 Å². The third-order valence-corrected chi connectivity index (χ3v) is 3.64. The Bertz CT molecular complexity index is 255. The Morgan fingerprint density at radius 3 is 3.17 bits per heavy atom. The van der Waals surface area contributed by atoms with E-state index in [9.17, 15) is 0 Å². The molecule has 0 N–H and O–H groups in total. The number of hydrogen-bond acceptors (Lipinski definition) is 2. The highest BCUT2D eigenvalue weighted by Gasteiger charge is 2.16. The van der Waals surface area contributed by atoms with Crippen LogP contribution in [0, 0.1) is 0 Å². The zero-order chi connectivity index (χ0) is 8.39. The van der Waals surface area contributed by atoms with Crippen LogP contribution in [0.15, 0.2) is 12.4 Å². The second-order valence-electron chi connectivity index (χ2n) is 2.97. The summed E-state index contributed by atoms with van der Waals surface area (Å²) in [6.45, 7) is 0. The maximum absolute atomic E-state index is 5.92. The number of nitrogens with zero attached hydrogens (tertiary/aromatic N) is 2. The van der Waals surface area contributed by atoms with Crippen LogP contribution in [0.2, 0.25) is 5.28 Å². The van der Waals surface area contributed by atoms with Crippen molar-refractivity contribution in [3.63, 3.8) is 0 Å². The highest BCUT2D eigenvalue weighted by atomic mass is 35.5. The Balaban J connectivity index is 2.13. The van der Waals surface area contributed by atoms with Gasteiger partial charge in [-0.3, -0.25) is 0 Å². The number of aromatic nitrogens is 2. The molecule has 0 radical (unpaired) electrons. The Labute approximate surface area is 81.3 Å². The minimum Gasteiger partial charge on any atom is -0.318 e. The molecule has 0 spiro atoms. The van der Waals surface area contributed by atoms with Crippen LogP contribution in [0.3, 0.4) is 0 Å². The van der Waals surface area contributed by atoms with Crippen LogP contribution in [0.1, 0.15) is 18.9 Å². The van der Waals surface area contributed by atoms with Crippen LogP contribution in [-0.4, -0.2) is 21.1 Å². The first kappa shape index (κ1) is 8.45. The van der Waals surface area contributed by atoms with Gasteiger partial charge in [0.15, 0.2) is 0 Å². The monoisotopic (exact) mass is 202 g/mol. The summed E-state index contributed by atoms with van der Waals surface area (Å²) in [6.07, 6.45) is 6.27. The van der Waals surface area contributed by atoms with Crippen molar-refractivity contribution in [2.24, 2.45) is 0 Å². The van der Waals surface area contributed by atoms with Gasteiger partial charge in [0.2, 0.25) is 5.28 Å². The van der Waals surface area contributed by atoms with Crippen LogP contribution in [-0.2, 0) is 0 Å². The third kappa shape index (κ3) is 1.62. The molecule has 1 aliphatic rings. The summed E-state index contributed by atoms with van der Waals surface area (Å²) in [5, 5.41) is 0.627. The van der Waals surface area contributed by atoms with Gasteiger partial charge in [0.05, 0.1) is 0 Å². The molecule has 1 atom stereocenters. The van der Waals surface area contributed by atoms with E-state index in [1.807, 2.05) is 18.0 Å². The fraction of sp³-hybridized carbons (Fsp3) is 0.625. The largest absolute Gasteiger partial charge is 0.318 e. The fourth-order valence-electron chi connectivity index (χ4n) is 1.51. The molecule has 66 valence electrons. The SMILES string of the molecule is Clc1nccn1C1CCCSC1. The van der Waals surface area contributed by atoms with Gasteiger partial charge >= 0.3 is 0 Å². The summed E-state index contributed by atoms with van der Waals surface area (Å²) >= 11 is 7.92. The van der Waals surface area contributed by atoms with E-state index >= 15 is 0 Å². The summed E-state index contributed by atoms with van der Waals surface area (Å²) < 4.78 is 2.08. The molecule has 0 aliphatic carbocycles. The van der Waals surface area contributed by atoms with Gasteiger partial charge in [-0.05, 0) is 30.2 Å². The molecule has 1 aromatic heterocycles. The lowest BCUT2D eigenvalue weighted by Crippen LogP contribution is -2.15. The second kappa shape index (κ2) is 3.71. The highest BCUT2D eigenvalue weighted by molar-refractivity contribution is 7.99. The number of hydrogen-bond donors (Lipinski definition) is 0. The number of imidazole rings is 1. The molecular weight excluding hydrogens is 192 g/mol. The summed E-state index contributed by atoms with van der Waals surface area (Å²) in [4.78, 5) is 4.01. The first-order valence-electron chi connectivity index (χ1n) is 4.14. The van der Waals surface area contributed by atoms with Crippen molar-refractivity contribution < 1.29 is 0 Å². The quantitative estimate of drug-likeness (QED) is 0.697. The van der Waals surface area contributed by atoms with E-state index in [4.69, 9.17) is 11.6 Å². The highest BCUT2D eigenvalue weighted by Crippen LogP contribution is 2.28. The molecule has 1 unspecified atom stereocenters. The van der Waals surface area contributed by atoms with Crippen LogP contribution < -0.4 is 0 Å². The maximum Gasteiger partial charge on any atom is 0.202 e. The molecule has 0 amide bonds. The zero-order valence-electron chi connectivity index (χ0n) is 6.74. The molecule has 0 bridgehead atoms. The zero-order valence-corrected chi connectivity index (χ0v) is 8.31. The standard InChI is InChI=1S/C8H11ClN2S/c9-8-10-3-4-11(8)7-2-1-5-12-6-7/h3-4,7H,1-2,5-6H2. The van der Waals surface area contributed by atoms with Gasteiger partial charge in [0.25, 0.3) is 0 Å². The maximum atomic E-state index is 5.92. The van der Waals surface area contributed by atoms with E-state index in [0.29, 0.717) is 11.3 Å². The fourth-order valence-corrected chi connectivity index (χ4v) is 2.90. The molecule has 0 saturated carbocycles. The predicted molar refractivity (Wildman–Crippen MR) is 52.8 cm³/mol. The van der Waals surface area contributed by atoms with Crippen molar-refractivity contribution in [3.05, 3.63) is 17.7 Å². The lowest BCUT2D eigenvalue weighted by Gasteiger charge is -2.22.